The molecule has 7 heteroatoms. The van der Waals surface area contributed by atoms with Gasteiger partial charge in [0.05, 0.1) is 25.9 Å². The molecule has 2 aromatic heterocycles. The molecule has 0 saturated carbocycles. The van der Waals surface area contributed by atoms with Crippen LogP contribution in [0.4, 0.5) is 0 Å². The van der Waals surface area contributed by atoms with E-state index in [4.69, 9.17) is 14.2 Å². The Balaban J connectivity index is 0.000000408. The molecule has 0 fully saturated rings. The van der Waals surface area contributed by atoms with Gasteiger partial charge in [-0.1, -0.05) is 60.2 Å². The van der Waals surface area contributed by atoms with Crippen LogP contribution in [0.1, 0.15) is 31.9 Å². The Bertz CT molecular complexity index is 940. The van der Waals surface area contributed by atoms with Crippen molar-refractivity contribution in [3.63, 3.8) is 0 Å². The maximum Gasteiger partial charge on any atom is 0.272 e. The number of rotatable bonds is 10. The fourth-order valence-electron chi connectivity index (χ4n) is 2.39. The summed E-state index contributed by atoms with van der Waals surface area (Å²) >= 11 is 0. The van der Waals surface area contributed by atoms with E-state index in [1.54, 1.807) is 31.1 Å². The lowest BCUT2D eigenvalue weighted by atomic mass is 10.2. The molecule has 0 aliphatic heterocycles. The van der Waals surface area contributed by atoms with Gasteiger partial charge >= 0.3 is 0 Å². The van der Waals surface area contributed by atoms with Crippen molar-refractivity contribution in [1.29, 1.82) is 0 Å². The van der Waals surface area contributed by atoms with Gasteiger partial charge in [-0.2, -0.15) is 0 Å². The van der Waals surface area contributed by atoms with Gasteiger partial charge in [-0.25, -0.2) is 9.97 Å². The van der Waals surface area contributed by atoms with Gasteiger partial charge in [-0.05, 0) is 38.8 Å². The third-order valence-corrected chi connectivity index (χ3v) is 4.36. The fraction of sp³-hybridized carbons (Fsp3) is 0.357. The van der Waals surface area contributed by atoms with Crippen LogP contribution in [0.5, 0.6) is 0 Å². The molecule has 3 aromatic rings. The van der Waals surface area contributed by atoms with Gasteiger partial charge in [-0.15, -0.1) is 0 Å². The van der Waals surface area contributed by atoms with Crippen LogP contribution < -0.4 is 0 Å². The highest BCUT2D eigenvalue weighted by molar-refractivity contribution is 5.24. The molecule has 1 atom stereocenters. The van der Waals surface area contributed by atoms with Crippen LogP contribution in [0, 0.1) is 6.92 Å². The van der Waals surface area contributed by atoms with Gasteiger partial charge in [0.15, 0.2) is 0 Å². The number of ether oxygens (including phenoxy) is 3. The van der Waals surface area contributed by atoms with Crippen LogP contribution in [-0.4, -0.2) is 38.8 Å². The van der Waals surface area contributed by atoms with Crippen LogP contribution in [0.3, 0.4) is 0 Å². The van der Waals surface area contributed by atoms with Crippen molar-refractivity contribution in [3.8, 4) is 0 Å². The zero-order valence-corrected chi connectivity index (χ0v) is 21.9. The molecule has 0 saturated heterocycles. The number of aryl methyl sites for hydroxylation is 3. The lowest BCUT2D eigenvalue weighted by Crippen LogP contribution is -2.22. The summed E-state index contributed by atoms with van der Waals surface area (Å²) in [6, 6.07) is 8.21. The quantitative estimate of drug-likeness (QED) is 0.272. The highest BCUT2D eigenvalue weighted by Gasteiger charge is 2.10. The first-order chi connectivity index (χ1) is 16.8. The minimum atomic E-state index is -0.684. The third kappa shape index (κ3) is 15.3. The van der Waals surface area contributed by atoms with E-state index in [2.05, 4.69) is 35.6 Å². The summed E-state index contributed by atoms with van der Waals surface area (Å²) in [4.78, 5) is 7.57. The second kappa shape index (κ2) is 18.1. The van der Waals surface area contributed by atoms with Crippen LogP contribution in [0.2, 0.25) is 0 Å². The van der Waals surface area contributed by atoms with E-state index in [0.717, 1.165) is 11.1 Å². The lowest BCUT2D eigenvalue weighted by Gasteiger charge is -2.18. The van der Waals surface area contributed by atoms with E-state index in [0.29, 0.717) is 19.8 Å². The molecule has 0 spiro atoms. The molecule has 1 aromatic carbocycles. The molecule has 35 heavy (non-hydrogen) atoms. The van der Waals surface area contributed by atoms with Gasteiger partial charge in [0.2, 0.25) is 0 Å². The van der Waals surface area contributed by atoms with Crippen LogP contribution in [0.25, 0.3) is 0 Å². The molecule has 3 rings (SSSR count). The van der Waals surface area contributed by atoms with Crippen molar-refractivity contribution in [2.45, 2.75) is 40.8 Å². The first kappa shape index (κ1) is 29.8. The zero-order valence-electron chi connectivity index (χ0n) is 21.9. The molecule has 1 unspecified atom stereocenters. The molecule has 7 nitrogen and oxygen atoms in total. The molecule has 190 valence electrons. The first-order valence-electron chi connectivity index (χ1n) is 11.5. The van der Waals surface area contributed by atoms with Gasteiger partial charge in [0.1, 0.15) is 0 Å². The normalized spacial score (nSPS) is 11.4. The Labute approximate surface area is 210 Å². The average Bonchev–Trinajstić information content (AvgIpc) is 3.52. The van der Waals surface area contributed by atoms with E-state index in [1.807, 2.05) is 80.7 Å². The van der Waals surface area contributed by atoms with Crippen LogP contribution in [-0.2, 0) is 34.9 Å². The number of nitrogens with zero attached hydrogens (tertiary/aromatic N) is 4. The summed E-state index contributed by atoms with van der Waals surface area (Å²) < 4.78 is 20.7. The largest absolute Gasteiger partial charge is 0.341 e. The maximum absolute atomic E-state index is 5.71. The minimum Gasteiger partial charge on any atom is -0.341 e. The summed E-state index contributed by atoms with van der Waals surface area (Å²) in [5.74, 6) is 0. The predicted molar refractivity (Wildman–Crippen MR) is 141 cm³/mol. The summed E-state index contributed by atoms with van der Waals surface area (Å²) in [6.45, 7) is 12.6. The second-order valence-electron chi connectivity index (χ2n) is 8.00. The summed E-state index contributed by atoms with van der Waals surface area (Å²) in [5, 5.41) is 0. The minimum absolute atomic E-state index is 0.395. The van der Waals surface area contributed by atoms with E-state index in [9.17, 15) is 0 Å². The van der Waals surface area contributed by atoms with E-state index in [-0.39, 0.29) is 0 Å². The standard InChI is InChI=1S/C20H28O3.2C4H6N2/c1-6-18(11-8-16(3)4)14-22-20(21-7-2)23-15-19-12-9-17(5)10-13-19;2*1-6-3-2-5-4-6/h6,8-13,20H,1,7,14-15H2,2-5H3;2*2-4H,1H3/b18-11+;;. The highest BCUT2D eigenvalue weighted by Crippen LogP contribution is 2.09. The lowest BCUT2D eigenvalue weighted by molar-refractivity contribution is -0.287. The molecule has 0 aliphatic rings. The summed E-state index contributed by atoms with van der Waals surface area (Å²) in [6.07, 6.45) is 16.6. The van der Waals surface area contributed by atoms with Crippen molar-refractivity contribution < 1.29 is 14.2 Å². The highest BCUT2D eigenvalue weighted by atomic mass is 16.8. The number of imidazole rings is 2. The Morgan fingerprint density at radius 2 is 1.54 bits per heavy atom. The van der Waals surface area contributed by atoms with Crippen molar-refractivity contribution in [3.05, 3.63) is 109 Å². The molecular weight excluding hydrogens is 440 g/mol. The molecule has 0 bridgehead atoms. The van der Waals surface area contributed by atoms with E-state index in [1.165, 1.54) is 11.1 Å². The fourth-order valence-corrected chi connectivity index (χ4v) is 2.39. The van der Waals surface area contributed by atoms with Crippen molar-refractivity contribution in [2.24, 2.45) is 14.1 Å². The average molecular weight is 481 g/mol. The number of benzene rings is 1. The van der Waals surface area contributed by atoms with E-state index < -0.39 is 6.48 Å². The van der Waals surface area contributed by atoms with Gasteiger partial charge in [0.25, 0.3) is 6.48 Å². The molecule has 0 radical (unpaired) electrons. The Morgan fingerprint density at radius 1 is 0.943 bits per heavy atom. The third-order valence-electron chi connectivity index (χ3n) is 4.36. The topological polar surface area (TPSA) is 63.3 Å². The number of hydrogen-bond donors (Lipinski definition) is 0. The Hall–Kier alpha value is -3.26. The number of allylic oxidation sites excluding steroid dienone is 3. The van der Waals surface area contributed by atoms with Crippen LogP contribution in [0.15, 0.2) is 97.7 Å². The smallest absolute Gasteiger partial charge is 0.272 e. The SMILES string of the molecule is C=C/C(=C\C=C(C)C)COC(OCC)OCc1ccc(C)cc1.Cn1ccnc1.Cn1ccnc1. The zero-order chi connectivity index (χ0) is 25.9. The Morgan fingerprint density at radius 3 is 1.94 bits per heavy atom. The molecule has 0 N–H and O–H groups in total. The van der Waals surface area contributed by atoms with Gasteiger partial charge in [-0.3, -0.25) is 0 Å². The number of hydrogen-bond acceptors (Lipinski definition) is 5. The monoisotopic (exact) mass is 480 g/mol. The molecule has 0 amide bonds. The second-order valence-corrected chi connectivity index (χ2v) is 8.00. The van der Waals surface area contributed by atoms with Gasteiger partial charge in [0, 0.05) is 45.5 Å². The van der Waals surface area contributed by atoms with Crippen molar-refractivity contribution in [2.75, 3.05) is 13.2 Å². The summed E-state index contributed by atoms with van der Waals surface area (Å²) in [7, 11) is 3.88. The molecular formula is C28H40N4O3. The van der Waals surface area contributed by atoms with Crippen molar-refractivity contribution >= 4 is 0 Å². The number of aromatic nitrogens is 4. The molecule has 2 heterocycles. The summed E-state index contributed by atoms with van der Waals surface area (Å²) in [5.41, 5.74) is 4.52. The van der Waals surface area contributed by atoms with Crippen molar-refractivity contribution in [1.82, 2.24) is 19.1 Å². The van der Waals surface area contributed by atoms with Crippen LogP contribution >= 0.6 is 0 Å². The molecule has 0 aliphatic carbocycles. The predicted octanol–water partition coefficient (Wildman–Crippen LogP) is 5.77. The van der Waals surface area contributed by atoms with Gasteiger partial charge < -0.3 is 23.3 Å². The first-order valence-corrected chi connectivity index (χ1v) is 11.5. The maximum atomic E-state index is 5.71. The van der Waals surface area contributed by atoms with E-state index >= 15 is 0 Å². The Kier molecular flexibility index (Phi) is 15.4.